The molecule has 0 aromatic carbocycles. The van der Waals surface area contributed by atoms with Crippen LogP contribution in [0.3, 0.4) is 0 Å². The number of aromatic nitrogens is 1. The van der Waals surface area contributed by atoms with E-state index in [1.54, 1.807) is 0 Å². The molecular formula is C16H26N2S. The lowest BCUT2D eigenvalue weighted by atomic mass is 9.90. The van der Waals surface area contributed by atoms with Crippen molar-refractivity contribution in [3.63, 3.8) is 0 Å². The van der Waals surface area contributed by atoms with Gasteiger partial charge in [0.2, 0.25) is 0 Å². The first-order valence-corrected chi connectivity index (χ1v) is 8.90. The molecule has 0 radical (unpaired) electrons. The van der Waals surface area contributed by atoms with Crippen molar-refractivity contribution in [2.75, 3.05) is 6.54 Å². The Balaban J connectivity index is 1.71. The van der Waals surface area contributed by atoms with Gasteiger partial charge in [0.1, 0.15) is 0 Å². The number of rotatable bonds is 6. The topological polar surface area (TPSA) is 24.9 Å². The van der Waals surface area contributed by atoms with Crippen LogP contribution >= 0.6 is 11.3 Å². The van der Waals surface area contributed by atoms with Gasteiger partial charge in [-0.05, 0) is 38.6 Å². The van der Waals surface area contributed by atoms with Gasteiger partial charge < -0.3 is 5.32 Å². The lowest BCUT2D eigenvalue weighted by Crippen LogP contribution is -2.13. The predicted molar refractivity (Wildman–Crippen MR) is 81.9 cm³/mol. The summed E-state index contributed by atoms with van der Waals surface area (Å²) in [6.07, 6.45) is 11.0. The molecule has 2 nitrogen and oxygen atoms in total. The Morgan fingerprint density at radius 1 is 1.11 bits per heavy atom. The smallest absolute Gasteiger partial charge is 0.0962 e. The molecule has 0 bridgehead atoms. The lowest BCUT2D eigenvalue weighted by Gasteiger charge is -2.18. The Morgan fingerprint density at radius 3 is 2.58 bits per heavy atom. The standard InChI is InChI=1S/C16H26N2S/c1-2-10-17-11-14-15(12-8-9-12)18-16(19-14)13-6-4-3-5-7-13/h12-13,17H,2-11H2,1H3. The van der Waals surface area contributed by atoms with Crippen molar-refractivity contribution < 1.29 is 0 Å². The van der Waals surface area contributed by atoms with E-state index in [9.17, 15) is 0 Å². The summed E-state index contributed by atoms with van der Waals surface area (Å²) in [5, 5.41) is 5.01. The van der Waals surface area contributed by atoms with Crippen LogP contribution in [0, 0.1) is 0 Å². The van der Waals surface area contributed by atoms with Crippen molar-refractivity contribution in [2.24, 2.45) is 0 Å². The zero-order valence-electron chi connectivity index (χ0n) is 12.1. The molecule has 1 heterocycles. The fourth-order valence-electron chi connectivity index (χ4n) is 3.09. The highest BCUT2D eigenvalue weighted by Crippen LogP contribution is 2.45. The van der Waals surface area contributed by atoms with Crippen LogP contribution in [0.4, 0.5) is 0 Å². The largest absolute Gasteiger partial charge is 0.312 e. The van der Waals surface area contributed by atoms with Crippen molar-refractivity contribution in [2.45, 2.75) is 76.7 Å². The molecule has 106 valence electrons. The van der Waals surface area contributed by atoms with Crippen molar-refractivity contribution in [3.8, 4) is 0 Å². The zero-order valence-corrected chi connectivity index (χ0v) is 12.9. The number of nitrogens with zero attached hydrogens (tertiary/aromatic N) is 1. The molecule has 0 atom stereocenters. The molecule has 2 aliphatic rings. The van der Waals surface area contributed by atoms with E-state index in [4.69, 9.17) is 4.98 Å². The van der Waals surface area contributed by atoms with Gasteiger partial charge in [0.05, 0.1) is 10.7 Å². The van der Waals surface area contributed by atoms with Gasteiger partial charge in [0.15, 0.2) is 0 Å². The molecule has 0 spiro atoms. The maximum absolute atomic E-state index is 5.05. The fourth-order valence-corrected chi connectivity index (χ4v) is 4.38. The lowest BCUT2D eigenvalue weighted by molar-refractivity contribution is 0.442. The van der Waals surface area contributed by atoms with Crippen LogP contribution in [0.2, 0.25) is 0 Å². The molecule has 1 aromatic heterocycles. The number of thiazole rings is 1. The molecular weight excluding hydrogens is 252 g/mol. The van der Waals surface area contributed by atoms with Gasteiger partial charge in [0.25, 0.3) is 0 Å². The second-order valence-corrected chi connectivity index (χ2v) is 7.26. The molecule has 0 saturated heterocycles. The summed E-state index contributed by atoms with van der Waals surface area (Å²) in [5.74, 6) is 1.57. The third-order valence-corrected chi connectivity index (χ3v) is 5.61. The Morgan fingerprint density at radius 2 is 1.89 bits per heavy atom. The summed E-state index contributed by atoms with van der Waals surface area (Å²) in [4.78, 5) is 6.59. The summed E-state index contributed by atoms with van der Waals surface area (Å²) in [6, 6.07) is 0. The average Bonchev–Trinajstić information content (AvgIpc) is 3.21. The molecule has 2 saturated carbocycles. The summed E-state index contributed by atoms with van der Waals surface area (Å²) < 4.78 is 0. The van der Waals surface area contributed by atoms with E-state index in [1.165, 1.54) is 66.9 Å². The highest BCUT2D eigenvalue weighted by Gasteiger charge is 2.31. The highest BCUT2D eigenvalue weighted by atomic mass is 32.1. The van der Waals surface area contributed by atoms with E-state index >= 15 is 0 Å². The second kappa shape index (κ2) is 6.36. The van der Waals surface area contributed by atoms with Crippen molar-refractivity contribution >= 4 is 11.3 Å². The third-order valence-electron chi connectivity index (χ3n) is 4.37. The van der Waals surface area contributed by atoms with Crippen LogP contribution in [0.5, 0.6) is 0 Å². The van der Waals surface area contributed by atoms with Crippen LogP contribution in [-0.2, 0) is 6.54 Å². The third kappa shape index (κ3) is 3.38. The maximum atomic E-state index is 5.05. The Hall–Kier alpha value is -0.410. The van der Waals surface area contributed by atoms with E-state index in [2.05, 4.69) is 12.2 Å². The van der Waals surface area contributed by atoms with Gasteiger partial charge in [-0.25, -0.2) is 4.98 Å². The van der Waals surface area contributed by atoms with Crippen molar-refractivity contribution in [1.82, 2.24) is 10.3 Å². The van der Waals surface area contributed by atoms with Gasteiger partial charge in [-0.1, -0.05) is 26.2 Å². The molecule has 1 aromatic rings. The molecule has 2 fully saturated rings. The van der Waals surface area contributed by atoms with Crippen molar-refractivity contribution in [1.29, 1.82) is 0 Å². The van der Waals surface area contributed by atoms with Crippen LogP contribution in [0.15, 0.2) is 0 Å². The maximum Gasteiger partial charge on any atom is 0.0962 e. The first-order valence-electron chi connectivity index (χ1n) is 8.08. The SMILES string of the molecule is CCCNCc1sc(C2CCCCC2)nc1C1CC1. The first kappa shape index (κ1) is 13.6. The van der Waals surface area contributed by atoms with Crippen LogP contribution in [-0.4, -0.2) is 11.5 Å². The Kier molecular flexibility index (Phi) is 4.54. The minimum absolute atomic E-state index is 0.774. The van der Waals surface area contributed by atoms with Gasteiger partial charge in [-0.2, -0.15) is 0 Å². The molecule has 19 heavy (non-hydrogen) atoms. The highest BCUT2D eigenvalue weighted by molar-refractivity contribution is 7.11. The molecule has 0 aliphatic heterocycles. The fraction of sp³-hybridized carbons (Fsp3) is 0.812. The second-order valence-electron chi connectivity index (χ2n) is 6.15. The minimum atomic E-state index is 0.774. The Labute approximate surface area is 121 Å². The molecule has 0 amide bonds. The predicted octanol–water partition coefficient (Wildman–Crippen LogP) is 4.57. The molecule has 0 unspecified atom stereocenters. The van der Waals surface area contributed by atoms with Gasteiger partial charge in [-0.3, -0.25) is 0 Å². The van der Waals surface area contributed by atoms with Crippen LogP contribution < -0.4 is 5.32 Å². The van der Waals surface area contributed by atoms with E-state index < -0.39 is 0 Å². The minimum Gasteiger partial charge on any atom is -0.312 e. The summed E-state index contributed by atoms with van der Waals surface area (Å²) in [7, 11) is 0. The summed E-state index contributed by atoms with van der Waals surface area (Å²) >= 11 is 2.01. The van der Waals surface area contributed by atoms with E-state index in [1.807, 2.05) is 11.3 Å². The average molecular weight is 278 g/mol. The number of nitrogens with one attached hydrogen (secondary N) is 1. The molecule has 1 N–H and O–H groups in total. The van der Waals surface area contributed by atoms with Crippen LogP contribution in [0.1, 0.15) is 85.7 Å². The quantitative estimate of drug-likeness (QED) is 0.771. The summed E-state index contributed by atoms with van der Waals surface area (Å²) in [6.45, 7) is 4.40. The van der Waals surface area contributed by atoms with Crippen LogP contribution in [0.25, 0.3) is 0 Å². The zero-order chi connectivity index (χ0) is 13.1. The van der Waals surface area contributed by atoms with E-state index in [-0.39, 0.29) is 0 Å². The van der Waals surface area contributed by atoms with Gasteiger partial charge in [-0.15, -0.1) is 11.3 Å². The van der Waals surface area contributed by atoms with Crippen molar-refractivity contribution in [3.05, 3.63) is 15.6 Å². The summed E-state index contributed by atoms with van der Waals surface area (Å²) in [5.41, 5.74) is 1.45. The molecule has 2 aliphatic carbocycles. The first-order chi connectivity index (χ1) is 9.38. The van der Waals surface area contributed by atoms with Gasteiger partial charge >= 0.3 is 0 Å². The number of hydrogen-bond donors (Lipinski definition) is 1. The van der Waals surface area contributed by atoms with Gasteiger partial charge in [0, 0.05) is 23.3 Å². The number of hydrogen-bond acceptors (Lipinski definition) is 3. The molecule has 3 heteroatoms. The monoisotopic (exact) mass is 278 g/mol. The normalized spacial score (nSPS) is 20.9. The van der Waals surface area contributed by atoms with E-state index in [0.29, 0.717) is 0 Å². The molecule has 3 rings (SSSR count). The van der Waals surface area contributed by atoms with E-state index in [0.717, 1.165) is 24.9 Å². The Bertz CT molecular complexity index is 403.